The Hall–Kier alpha value is -3.03. The maximum absolute atomic E-state index is 14.0. The molecule has 3 saturated heterocycles. The molecule has 6 saturated carbocycles. The molecule has 10 atom stereocenters. The number of hydrogen-bond donors (Lipinski definition) is 3. The summed E-state index contributed by atoms with van der Waals surface area (Å²) in [5.41, 5.74) is -1.11. The number of esters is 2. The molecule has 0 radical (unpaired) electrons. The van der Waals surface area contributed by atoms with E-state index in [1.165, 1.54) is 26.2 Å². The van der Waals surface area contributed by atoms with Crippen LogP contribution in [0.15, 0.2) is 11.1 Å². The lowest BCUT2D eigenvalue weighted by atomic mass is 9.46. The Labute approximate surface area is 322 Å². The first-order chi connectivity index (χ1) is 26.3. The van der Waals surface area contributed by atoms with Gasteiger partial charge in [0.25, 0.3) is 0 Å². The summed E-state index contributed by atoms with van der Waals surface area (Å²) < 4.78 is 32.1. The van der Waals surface area contributed by atoms with Crippen LogP contribution in [0, 0.1) is 40.4 Å². The van der Waals surface area contributed by atoms with Crippen molar-refractivity contribution in [1.82, 2.24) is 16.0 Å². The number of ether oxygens (including phenoxy) is 5. The predicted molar refractivity (Wildman–Crippen MR) is 194 cm³/mol. The van der Waals surface area contributed by atoms with E-state index in [1.807, 2.05) is 0 Å². The number of unbranched alkanes of at least 4 members (excludes halogenated alkanes) is 1. The Morgan fingerprint density at radius 1 is 0.909 bits per heavy atom. The van der Waals surface area contributed by atoms with Gasteiger partial charge in [-0.25, -0.2) is 4.79 Å². The first kappa shape index (κ1) is 36.3. The Balaban J connectivity index is 0.816. The summed E-state index contributed by atoms with van der Waals surface area (Å²) in [5.74, 6) is 0.853. The molecule has 2 spiro atoms. The van der Waals surface area contributed by atoms with Gasteiger partial charge < -0.3 is 39.6 Å². The van der Waals surface area contributed by atoms with E-state index >= 15 is 0 Å². The van der Waals surface area contributed by atoms with E-state index in [4.69, 9.17) is 23.7 Å². The second-order valence-electron chi connectivity index (χ2n) is 19.6. The summed E-state index contributed by atoms with van der Waals surface area (Å²) in [6.45, 7) is 8.79. The predicted octanol–water partition coefficient (Wildman–Crippen LogP) is 3.17. The van der Waals surface area contributed by atoms with Crippen molar-refractivity contribution in [2.24, 2.45) is 40.4 Å². The molecular weight excluding hydrogens is 706 g/mol. The molecule has 3 N–H and O–H groups in total. The molecule has 0 aromatic heterocycles. The Morgan fingerprint density at radius 2 is 1.64 bits per heavy atom. The van der Waals surface area contributed by atoms with Gasteiger partial charge in [0.1, 0.15) is 36.1 Å². The zero-order valence-corrected chi connectivity index (χ0v) is 32.7. The van der Waals surface area contributed by atoms with Crippen LogP contribution in [0.4, 0.5) is 0 Å². The van der Waals surface area contributed by atoms with Crippen LogP contribution in [0.1, 0.15) is 111 Å². The highest BCUT2D eigenvalue weighted by Gasteiger charge is 3.01. The third-order valence-electron chi connectivity index (χ3n) is 16.4. The fourth-order valence-corrected chi connectivity index (χ4v) is 14.2. The van der Waals surface area contributed by atoms with E-state index in [0.717, 1.165) is 36.8 Å². The highest BCUT2D eigenvalue weighted by molar-refractivity contribution is 5.92. The van der Waals surface area contributed by atoms with Crippen molar-refractivity contribution in [3.05, 3.63) is 11.1 Å². The molecular formula is C42H57N3O10. The molecule has 4 heterocycles. The molecule has 0 aromatic carbocycles. The summed E-state index contributed by atoms with van der Waals surface area (Å²) in [6, 6.07) is -0.733. The van der Waals surface area contributed by atoms with Gasteiger partial charge >= 0.3 is 11.9 Å². The topological polar surface area (TPSA) is 177 Å². The van der Waals surface area contributed by atoms with Crippen molar-refractivity contribution in [2.45, 2.75) is 158 Å². The number of carbonyl (C=O) groups excluding carboxylic acids is 5. The van der Waals surface area contributed by atoms with Crippen LogP contribution in [0.25, 0.3) is 0 Å². The van der Waals surface area contributed by atoms with Crippen LogP contribution in [-0.2, 0) is 47.7 Å². The third kappa shape index (κ3) is 5.02. The number of rotatable bonds is 13. The highest BCUT2D eigenvalue weighted by atomic mass is 16.8. The number of nitrogens with one attached hydrogen (secondary N) is 3. The minimum atomic E-state index is -0.843. The maximum atomic E-state index is 14.0. The lowest BCUT2D eigenvalue weighted by Crippen LogP contribution is -2.70. The van der Waals surface area contributed by atoms with Crippen LogP contribution in [0.5, 0.6) is 0 Å². The van der Waals surface area contributed by atoms with Crippen LogP contribution in [-0.4, -0.2) is 96.6 Å². The SMILES string of the molecule is CC(=O)NCCCC[C@@H](NC(=O)C12CC3CC(CC(C3)C1)C2)C(=O)NCCC(=O)O[C@@H]1C2(C(C)C)OC2[C@@H]2O[C@]23[C@]12O[C@H]2CC1C2=C(CC[C@@]13C)C(=O)OC2. The van der Waals surface area contributed by atoms with Crippen molar-refractivity contribution in [2.75, 3.05) is 19.7 Å². The van der Waals surface area contributed by atoms with Gasteiger partial charge in [-0.05, 0) is 112 Å². The lowest BCUT2D eigenvalue weighted by Gasteiger charge is -2.55. The Morgan fingerprint density at radius 3 is 2.33 bits per heavy atom. The molecule has 11 rings (SSSR count). The molecule has 13 heteroatoms. The van der Waals surface area contributed by atoms with Crippen LogP contribution < -0.4 is 16.0 Å². The van der Waals surface area contributed by atoms with E-state index in [0.29, 0.717) is 63.0 Å². The fraction of sp³-hybridized carbons (Fsp3) is 0.833. The first-order valence-electron chi connectivity index (χ1n) is 21.2. The third-order valence-corrected chi connectivity index (χ3v) is 16.4. The van der Waals surface area contributed by atoms with Gasteiger partial charge in [0.15, 0.2) is 11.7 Å². The molecule has 3 amide bonds. The number of fused-ring (bicyclic) bond motifs is 4. The molecule has 4 aliphatic heterocycles. The normalized spacial score (nSPS) is 46.2. The largest absolute Gasteiger partial charge is 0.458 e. The molecule has 4 bridgehead atoms. The van der Waals surface area contributed by atoms with E-state index in [-0.39, 0.29) is 77.6 Å². The number of hydrogen-bond acceptors (Lipinski definition) is 10. The summed E-state index contributed by atoms with van der Waals surface area (Å²) in [5, 5.41) is 8.92. The van der Waals surface area contributed by atoms with E-state index in [2.05, 4.69) is 36.7 Å². The fourth-order valence-electron chi connectivity index (χ4n) is 14.2. The van der Waals surface area contributed by atoms with Crippen LogP contribution in [0.3, 0.4) is 0 Å². The summed E-state index contributed by atoms with van der Waals surface area (Å²) in [6.07, 6.45) is 8.91. The Bertz CT molecular complexity index is 1730. The number of amides is 3. The number of carbonyl (C=O) groups is 5. The van der Waals surface area contributed by atoms with Crippen LogP contribution >= 0.6 is 0 Å². The highest BCUT2D eigenvalue weighted by Crippen LogP contribution is 2.83. The summed E-state index contributed by atoms with van der Waals surface area (Å²) in [4.78, 5) is 65.5. The summed E-state index contributed by atoms with van der Waals surface area (Å²) >= 11 is 0. The number of cyclic esters (lactones) is 1. The van der Waals surface area contributed by atoms with Gasteiger partial charge in [-0.15, -0.1) is 0 Å². The molecule has 0 aromatic rings. The minimum absolute atomic E-state index is 0.00276. The molecule has 11 aliphatic rings. The molecule has 3 unspecified atom stereocenters. The lowest BCUT2D eigenvalue weighted by molar-refractivity contribution is -0.169. The van der Waals surface area contributed by atoms with Gasteiger partial charge in [-0.3, -0.25) is 19.2 Å². The molecule has 7 aliphatic carbocycles. The average Bonchev–Trinajstić information content (AvgIpc) is 4.05. The smallest absolute Gasteiger partial charge is 0.334 e. The monoisotopic (exact) mass is 763 g/mol. The first-order valence-corrected chi connectivity index (χ1v) is 21.2. The number of epoxide rings is 3. The zero-order valence-electron chi connectivity index (χ0n) is 32.7. The standard InChI is InChI=1S/C42H57N3O10/c1-21(2)40-32(54-40)33-42(55-33)38(4)10-8-26-27(20-51-35(26)49)28(38)16-30-41(42,53-30)36(40)52-31(47)9-12-44-34(48)29(7-5-6-11-43-22(3)46)45-37(50)39-17-23-13-24(18-39)15-25(14-23)19-39/h21,23-25,28-30,32-33,36H,5-20H2,1-4H3,(H,43,46)(H,44,48)(H,45,50)/t23?,24?,25?,28?,29-,30+,32?,33+,36-,38+,39?,40?,41-,42-/m1/s1. The van der Waals surface area contributed by atoms with Gasteiger partial charge in [0.05, 0.1) is 12.5 Å². The van der Waals surface area contributed by atoms with E-state index in [9.17, 15) is 24.0 Å². The van der Waals surface area contributed by atoms with Gasteiger partial charge in [-0.2, -0.15) is 0 Å². The van der Waals surface area contributed by atoms with E-state index in [1.54, 1.807) is 0 Å². The molecule has 55 heavy (non-hydrogen) atoms. The zero-order chi connectivity index (χ0) is 38.3. The van der Waals surface area contributed by atoms with Crippen molar-refractivity contribution in [3.63, 3.8) is 0 Å². The maximum Gasteiger partial charge on any atom is 0.334 e. The van der Waals surface area contributed by atoms with E-state index < -0.39 is 34.9 Å². The quantitative estimate of drug-likeness (QED) is 0.144. The molecule has 9 fully saturated rings. The van der Waals surface area contributed by atoms with Crippen LogP contribution in [0.2, 0.25) is 0 Å². The van der Waals surface area contributed by atoms with Crippen molar-refractivity contribution in [1.29, 1.82) is 0 Å². The van der Waals surface area contributed by atoms with Gasteiger partial charge in [-0.1, -0.05) is 20.8 Å². The van der Waals surface area contributed by atoms with Gasteiger partial charge in [0, 0.05) is 36.4 Å². The second-order valence-corrected chi connectivity index (χ2v) is 19.6. The van der Waals surface area contributed by atoms with Crippen molar-refractivity contribution in [3.8, 4) is 0 Å². The Kier molecular flexibility index (Phi) is 8.08. The summed E-state index contributed by atoms with van der Waals surface area (Å²) in [7, 11) is 0. The average molecular weight is 764 g/mol. The van der Waals surface area contributed by atoms with Gasteiger partial charge in [0.2, 0.25) is 17.7 Å². The molecule has 13 nitrogen and oxygen atoms in total. The van der Waals surface area contributed by atoms with Crippen molar-refractivity contribution >= 4 is 29.7 Å². The minimum Gasteiger partial charge on any atom is -0.458 e. The molecule has 300 valence electrons. The van der Waals surface area contributed by atoms with Crippen molar-refractivity contribution < 1.29 is 47.7 Å². The second kappa shape index (κ2) is 12.2.